The van der Waals surface area contributed by atoms with Gasteiger partial charge in [0.25, 0.3) is 0 Å². The van der Waals surface area contributed by atoms with Gasteiger partial charge in [-0.05, 0) is 62.6 Å². The van der Waals surface area contributed by atoms with E-state index in [-0.39, 0.29) is 30.7 Å². The number of amides is 2. The normalized spacial score (nSPS) is 21.0. The molecule has 8 heteroatoms. The van der Waals surface area contributed by atoms with E-state index in [4.69, 9.17) is 0 Å². The van der Waals surface area contributed by atoms with Gasteiger partial charge in [-0.3, -0.25) is 19.5 Å². The van der Waals surface area contributed by atoms with Gasteiger partial charge in [0, 0.05) is 59.9 Å². The standard InChI is InChI=1S/C27H27N5O2S/c1-16(32-24(33)4-5-25(32)34)23-13-22-27(35-23)20(7-9-30-22)21-12-17(14-28)11-18-3-2-10-31(26(18)21)19-6-8-29-15-19/h7,9,11-13,16,19,29H,2-6,8,10,15H2,1H3/t16-,19?/m1/s1. The summed E-state index contributed by atoms with van der Waals surface area (Å²) < 4.78 is 1.03. The third kappa shape index (κ3) is 3.70. The van der Waals surface area contributed by atoms with Crippen LogP contribution >= 0.6 is 11.3 Å². The molecular formula is C27H27N5O2S. The van der Waals surface area contributed by atoms with E-state index in [1.54, 1.807) is 11.3 Å². The van der Waals surface area contributed by atoms with Gasteiger partial charge in [0.15, 0.2) is 0 Å². The zero-order valence-corrected chi connectivity index (χ0v) is 20.5. The Morgan fingerprint density at radius 1 is 1.17 bits per heavy atom. The molecule has 3 aromatic rings. The maximum absolute atomic E-state index is 12.3. The van der Waals surface area contributed by atoms with Crippen molar-refractivity contribution in [3.8, 4) is 17.2 Å². The predicted molar refractivity (Wildman–Crippen MR) is 136 cm³/mol. The summed E-state index contributed by atoms with van der Waals surface area (Å²) in [6.45, 7) is 4.93. The van der Waals surface area contributed by atoms with Crippen LogP contribution in [0.2, 0.25) is 0 Å². The molecule has 0 radical (unpaired) electrons. The van der Waals surface area contributed by atoms with E-state index in [0.717, 1.165) is 65.1 Å². The smallest absolute Gasteiger partial charge is 0.230 e. The highest BCUT2D eigenvalue weighted by Crippen LogP contribution is 2.45. The van der Waals surface area contributed by atoms with Crippen LogP contribution in [0, 0.1) is 11.3 Å². The zero-order valence-electron chi connectivity index (χ0n) is 19.7. The van der Waals surface area contributed by atoms with Crippen molar-refractivity contribution in [2.45, 2.75) is 51.1 Å². The summed E-state index contributed by atoms with van der Waals surface area (Å²) in [7, 11) is 0. The molecule has 178 valence electrons. The Labute approximate surface area is 208 Å². The van der Waals surface area contributed by atoms with Gasteiger partial charge < -0.3 is 10.2 Å². The summed E-state index contributed by atoms with van der Waals surface area (Å²) in [5, 5.41) is 13.3. The number of carbonyl (C=O) groups is 2. The molecule has 2 aromatic heterocycles. The summed E-state index contributed by atoms with van der Waals surface area (Å²) in [6, 6.07) is 10.6. The Kier molecular flexibility index (Phi) is 5.54. The summed E-state index contributed by atoms with van der Waals surface area (Å²) in [4.78, 5) is 34.2. The molecule has 3 aliphatic rings. The number of anilines is 1. The fourth-order valence-corrected chi connectivity index (χ4v) is 7.03. The van der Waals surface area contributed by atoms with Crippen LogP contribution in [-0.4, -0.2) is 47.4 Å². The molecule has 1 aromatic carbocycles. The van der Waals surface area contributed by atoms with Gasteiger partial charge in [-0.25, -0.2) is 0 Å². The highest BCUT2D eigenvalue weighted by molar-refractivity contribution is 7.19. The Balaban J connectivity index is 1.50. The van der Waals surface area contributed by atoms with Crippen molar-refractivity contribution in [3.63, 3.8) is 0 Å². The summed E-state index contributed by atoms with van der Waals surface area (Å²) in [5.41, 5.74) is 6.14. The Morgan fingerprint density at radius 2 is 2.00 bits per heavy atom. The fourth-order valence-electron chi connectivity index (χ4n) is 5.84. The van der Waals surface area contributed by atoms with Gasteiger partial charge in [0.2, 0.25) is 11.8 Å². The molecule has 1 N–H and O–H groups in total. The number of fused-ring (bicyclic) bond motifs is 2. The fraction of sp³-hybridized carbons (Fsp3) is 0.407. The SMILES string of the molecule is C[C@H](c1cc2nccc(-c3cc(C#N)cc4c3N(C3CCNC3)CCC4)c2s1)N1C(=O)CCC1=O. The lowest BCUT2D eigenvalue weighted by molar-refractivity contribution is -0.140. The van der Waals surface area contributed by atoms with E-state index in [1.165, 1.54) is 16.2 Å². The largest absolute Gasteiger partial charge is 0.366 e. The van der Waals surface area contributed by atoms with Gasteiger partial charge in [0.1, 0.15) is 0 Å². The van der Waals surface area contributed by atoms with E-state index in [2.05, 4.69) is 27.3 Å². The topological polar surface area (TPSA) is 89.3 Å². The van der Waals surface area contributed by atoms with Crippen LogP contribution in [-0.2, 0) is 16.0 Å². The van der Waals surface area contributed by atoms with Crippen LogP contribution in [0.4, 0.5) is 5.69 Å². The number of nitrogens with one attached hydrogen (secondary N) is 1. The van der Waals surface area contributed by atoms with Crippen molar-refractivity contribution < 1.29 is 9.59 Å². The van der Waals surface area contributed by atoms with Crippen LogP contribution < -0.4 is 10.2 Å². The van der Waals surface area contributed by atoms with E-state index < -0.39 is 0 Å². The lowest BCUT2D eigenvalue weighted by Crippen LogP contribution is -2.40. The minimum Gasteiger partial charge on any atom is -0.366 e. The van der Waals surface area contributed by atoms with E-state index in [0.29, 0.717) is 11.6 Å². The first-order chi connectivity index (χ1) is 17.0. The molecule has 2 atom stereocenters. The molecule has 3 aliphatic heterocycles. The minimum absolute atomic E-state index is 0.107. The van der Waals surface area contributed by atoms with Crippen LogP contribution in [0.3, 0.4) is 0 Å². The molecule has 7 nitrogen and oxygen atoms in total. The average Bonchev–Trinajstić information content (AvgIpc) is 3.62. The number of hydrogen-bond acceptors (Lipinski definition) is 7. The van der Waals surface area contributed by atoms with Crippen LogP contribution in [0.5, 0.6) is 0 Å². The van der Waals surface area contributed by atoms with Crippen molar-refractivity contribution in [1.82, 2.24) is 15.2 Å². The van der Waals surface area contributed by atoms with Gasteiger partial charge in [-0.2, -0.15) is 5.26 Å². The summed E-state index contributed by atoms with van der Waals surface area (Å²) in [5.74, 6) is -0.213. The first kappa shape index (κ1) is 22.2. The van der Waals surface area contributed by atoms with Crippen molar-refractivity contribution in [1.29, 1.82) is 5.26 Å². The number of aryl methyl sites for hydroxylation is 1. The lowest BCUT2D eigenvalue weighted by Gasteiger charge is -2.38. The second-order valence-corrected chi connectivity index (χ2v) is 10.7. The quantitative estimate of drug-likeness (QED) is 0.558. The van der Waals surface area contributed by atoms with Gasteiger partial charge >= 0.3 is 0 Å². The molecule has 0 saturated carbocycles. The maximum atomic E-state index is 12.3. The molecule has 6 rings (SSSR count). The molecule has 0 bridgehead atoms. The number of aromatic nitrogens is 1. The predicted octanol–water partition coefficient (Wildman–Crippen LogP) is 4.16. The molecule has 2 saturated heterocycles. The van der Waals surface area contributed by atoms with Crippen molar-refractivity contribution >= 4 is 39.1 Å². The first-order valence-corrected chi connectivity index (χ1v) is 13.1. The molecule has 1 unspecified atom stereocenters. The van der Waals surface area contributed by atoms with E-state index in [1.807, 2.05) is 31.3 Å². The van der Waals surface area contributed by atoms with E-state index >= 15 is 0 Å². The van der Waals surface area contributed by atoms with Gasteiger partial charge in [-0.15, -0.1) is 11.3 Å². The number of carbonyl (C=O) groups excluding carboxylic acids is 2. The second-order valence-electron chi connectivity index (χ2n) is 9.64. The number of likely N-dealkylation sites (tertiary alicyclic amines) is 1. The molecule has 2 fully saturated rings. The van der Waals surface area contributed by atoms with Crippen molar-refractivity contribution in [2.75, 3.05) is 24.5 Å². The number of pyridine rings is 1. The highest BCUT2D eigenvalue weighted by Gasteiger charge is 2.35. The molecular weight excluding hydrogens is 458 g/mol. The summed E-state index contributed by atoms with van der Waals surface area (Å²) in [6.07, 6.45) is 5.56. The molecule has 2 amide bonds. The first-order valence-electron chi connectivity index (χ1n) is 12.3. The Hall–Kier alpha value is -3.28. The number of benzene rings is 1. The van der Waals surface area contributed by atoms with Crippen molar-refractivity contribution in [2.24, 2.45) is 0 Å². The van der Waals surface area contributed by atoms with Crippen LogP contribution in [0.1, 0.15) is 54.7 Å². The molecule has 35 heavy (non-hydrogen) atoms. The number of imide groups is 1. The number of rotatable bonds is 4. The Morgan fingerprint density at radius 3 is 2.74 bits per heavy atom. The monoisotopic (exact) mass is 485 g/mol. The lowest BCUT2D eigenvalue weighted by atomic mass is 9.90. The highest BCUT2D eigenvalue weighted by atomic mass is 32.1. The van der Waals surface area contributed by atoms with Crippen molar-refractivity contribution in [3.05, 3.63) is 46.5 Å². The third-order valence-corrected chi connectivity index (χ3v) is 8.86. The summed E-state index contributed by atoms with van der Waals surface area (Å²) >= 11 is 1.59. The molecule has 0 aliphatic carbocycles. The van der Waals surface area contributed by atoms with Crippen LogP contribution in [0.25, 0.3) is 21.3 Å². The maximum Gasteiger partial charge on any atom is 0.230 e. The van der Waals surface area contributed by atoms with E-state index in [9.17, 15) is 14.9 Å². The Bertz CT molecular complexity index is 1370. The molecule has 5 heterocycles. The third-order valence-electron chi connectivity index (χ3n) is 7.54. The zero-order chi connectivity index (χ0) is 24.1. The number of nitriles is 1. The minimum atomic E-state index is -0.315. The second kappa shape index (κ2) is 8.74. The van der Waals surface area contributed by atoms with Gasteiger partial charge in [0.05, 0.1) is 27.9 Å². The number of nitrogens with zero attached hydrogens (tertiary/aromatic N) is 4. The van der Waals surface area contributed by atoms with Crippen LogP contribution in [0.15, 0.2) is 30.5 Å². The molecule has 0 spiro atoms. The number of hydrogen-bond donors (Lipinski definition) is 1. The average molecular weight is 486 g/mol. The van der Waals surface area contributed by atoms with Gasteiger partial charge in [-0.1, -0.05) is 0 Å². The number of thiophene rings is 1.